The second kappa shape index (κ2) is 14.2. The molecule has 0 aliphatic carbocycles. The Bertz CT molecular complexity index is 620. The molecule has 0 saturated heterocycles. The standard InChI is InChI=1S/C26H46O5Si/c1-10-11-26(31-32(19(2)3,20(4)5)21(6)7)25(22(8)27)17-30-18-29-16-23-12-14-24(28-9)15-13-23/h10,12-15,19-22,25-27H,1,11,16-18H2,2-9H3/t22-,25-,26-/m0/s1. The molecule has 0 aromatic heterocycles. The van der Waals surface area contributed by atoms with Crippen molar-refractivity contribution in [1.82, 2.24) is 0 Å². The van der Waals surface area contributed by atoms with Crippen LogP contribution in [0.5, 0.6) is 5.75 Å². The topological polar surface area (TPSA) is 57.2 Å². The fourth-order valence-corrected chi connectivity index (χ4v) is 10.4. The van der Waals surface area contributed by atoms with Gasteiger partial charge in [-0.25, -0.2) is 0 Å². The fraction of sp³-hybridized carbons (Fsp3) is 0.692. The molecule has 184 valence electrons. The minimum atomic E-state index is -2.10. The first-order chi connectivity index (χ1) is 15.1. The maximum Gasteiger partial charge on any atom is 0.200 e. The zero-order valence-electron chi connectivity index (χ0n) is 21.5. The molecule has 0 unspecified atom stereocenters. The van der Waals surface area contributed by atoms with Gasteiger partial charge < -0.3 is 23.7 Å². The second-order valence-electron chi connectivity index (χ2n) is 9.59. The first kappa shape index (κ1) is 28.8. The highest BCUT2D eigenvalue weighted by Gasteiger charge is 2.47. The van der Waals surface area contributed by atoms with Crippen LogP contribution in [0.25, 0.3) is 0 Å². The minimum Gasteiger partial charge on any atom is -0.497 e. The van der Waals surface area contributed by atoms with Gasteiger partial charge >= 0.3 is 0 Å². The molecule has 1 N–H and O–H groups in total. The zero-order chi connectivity index (χ0) is 24.3. The van der Waals surface area contributed by atoms with Crippen molar-refractivity contribution in [3.8, 4) is 5.75 Å². The van der Waals surface area contributed by atoms with Gasteiger partial charge in [-0.3, -0.25) is 0 Å². The first-order valence-corrected chi connectivity index (χ1v) is 14.0. The molecule has 0 fully saturated rings. The molecule has 1 rings (SSSR count). The van der Waals surface area contributed by atoms with Crippen molar-refractivity contribution in [3.05, 3.63) is 42.5 Å². The number of aliphatic hydroxyl groups is 1. The average molecular weight is 467 g/mol. The number of benzene rings is 1. The van der Waals surface area contributed by atoms with E-state index in [-0.39, 0.29) is 18.8 Å². The molecule has 0 aliphatic rings. The van der Waals surface area contributed by atoms with Gasteiger partial charge in [-0.2, -0.15) is 0 Å². The highest BCUT2D eigenvalue weighted by molar-refractivity contribution is 6.77. The largest absolute Gasteiger partial charge is 0.497 e. The first-order valence-electron chi connectivity index (χ1n) is 11.8. The maximum absolute atomic E-state index is 10.6. The summed E-state index contributed by atoms with van der Waals surface area (Å²) in [5.41, 5.74) is 2.46. The van der Waals surface area contributed by atoms with E-state index in [0.717, 1.165) is 11.3 Å². The van der Waals surface area contributed by atoms with Crippen LogP contribution in [0.1, 0.15) is 60.5 Å². The maximum atomic E-state index is 10.6. The van der Waals surface area contributed by atoms with Crippen molar-refractivity contribution >= 4 is 8.32 Å². The molecule has 0 heterocycles. The fourth-order valence-electron chi connectivity index (χ4n) is 4.83. The van der Waals surface area contributed by atoms with E-state index in [9.17, 15) is 5.11 Å². The van der Waals surface area contributed by atoms with Crippen LogP contribution in [0.15, 0.2) is 36.9 Å². The molecule has 1 aromatic rings. The Balaban J connectivity index is 2.78. The predicted molar refractivity (Wildman–Crippen MR) is 135 cm³/mol. The molecule has 5 nitrogen and oxygen atoms in total. The van der Waals surface area contributed by atoms with Crippen molar-refractivity contribution in [3.63, 3.8) is 0 Å². The van der Waals surface area contributed by atoms with Crippen LogP contribution in [-0.2, 0) is 20.5 Å². The summed E-state index contributed by atoms with van der Waals surface area (Å²) in [6.45, 7) is 20.4. The molecular weight excluding hydrogens is 420 g/mol. The van der Waals surface area contributed by atoms with Gasteiger partial charge in [0.25, 0.3) is 0 Å². The molecule has 32 heavy (non-hydrogen) atoms. The second-order valence-corrected chi connectivity index (χ2v) is 15.0. The van der Waals surface area contributed by atoms with Crippen molar-refractivity contribution in [1.29, 1.82) is 0 Å². The van der Waals surface area contributed by atoms with Crippen LogP contribution >= 0.6 is 0 Å². The Kier molecular flexibility index (Phi) is 12.8. The number of hydrogen-bond acceptors (Lipinski definition) is 5. The van der Waals surface area contributed by atoms with Crippen molar-refractivity contribution in [2.24, 2.45) is 5.92 Å². The Morgan fingerprint density at radius 2 is 1.50 bits per heavy atom. The van der Waals surface area contributed by atoms with E-state index in [4.69, 9.17) is 18.6 Å². The monoisotopic (exact) mass is 466 g/mol. The Morgan fingerprint density at radius 3 is 1.94 bits per heavy atom. The highest BCUT2D eigenvalue weighted by Crippen LogP contribution is 2.44. The van der Waals surface area contributed by atoms with Crippen molar-refractivity contribution in [2.45, 2.75) is 90.3 Å². The Labute approximate surface area is 197 Å². The van der Waals surface area contributed by atoms with E-state index in [2.05, 4.69) is 48.1 Å². The lowest BCUT2D eigenvalue weighted by Crippen LogP contribution is -2.53. The zero-order valence-corrected chi connectivity index (χ0v) is 22.5. The SMILES string of the molecule is C=CC[C@H](O[Si](C(C)C)(C(C)C)C(C)C)[C@@H](COCOCc1ccc(OC)cc1)[C@H](C)O. The quantitative estimate of drug-likeness (QED) is 0.134. The lowest BCUT2D eigenvalue weighted by atomic mass is 9.95. The van der Waals surface area contributed by atoms with Gasteiger partial charge in [0.15, 0.2) is 0 Å². The molecule has 0 spiro atoms. The van der Waals surface area contributed by atoms with E-state index in [0.29, 0.717) is 36.3 Å². The van der Waals surface area contributed by atoms with Crippen LogP contribution in [0.3, 0.4) is 0 Å². The summed E-state index contributed by atoms with van der Waals surface area (Å²) in [6, 6.07) is 7.77. The number of aliphatic hydroxyl groups excluding tert-OH is 1. The van der Waals surface area contributed by atoms with Crippen LogP contribution < -0.4 is 4.74 Å². The van der Waals surface area contributed by atoms with E-state index >= 15 is 0 Å². The predicted octanol–water partition coefficient (Wildman–Crippen LogP) is 6.32. The van der Waals surface area contributed by atoms with Gasteiger partial charge in [-0.15, -0.1) is 6.58 Å². The van der Waals surface area contributed by atoms with E-state index < -0.39 is 14.4 Å². The van der Waals surface area contributed by atoms with E-state index in [1.54, 1.807) is 7.11 Å². The Hall–Kier alpha value is -1.18. The number of rotatable bonds is 16. The van der Waals surface area contributed by atoms with Gasteiger partial charge in [0, 0.05) is 5.92 Å². The van der Waals surface area contributed by atoms with Gasteiger partial charge in [0.2, 0.25) is 8.32 Å². The van der Waals surface area contributed by atoms with E-state index in [1.165, 1.54) is 0 Å². The summed E-state index contributed by atoms with van der Waals surface area (Å²) in [5.74, 6) is 0.669. The number of hydrogen-bond donors (Lipinski definition) is 1. The highest BCUT2D eigenvalue weighted by atomic mass is 28.4. The third-order valence-corrected chi connectivity index (χ3v) is 12.6. The van der Waals surface area contributed by atoms with Crippen molar-refractivity contribution in [2.75, 3.05) is 20.5 Å². The average Bonchev–Trinajstić information content (AvgIpc) is 2.73. The summed E-state index contributed by atoms with van der Waals surface area (Å²) in [5, 5.41) is 10.6. The summed E-state index contributed by atoms with van der Waals surface area (Å²) in [4.78, 5) is 0. The van der Waals surface area contributed by atoms with E-state index in [1.807, 2.05) is 37.3 Å². The summed E-state index contributed by atoms with van der Waals surface area (Å²) >= 11 is 0. The number of methoxy groups -OCH3 is 1. The minimum absolute atomic E-state index is 0.132. The van der Waals surface area contributed by atoms with Gasteiger partial charge in [-0.1, -0.05) is 59.8 Å². The molecule has 1 aromatic carbocycles. The van der Waals surface area contributed by atoms with Gasteiger partial charge in [-0.05, 0) is 47.7 Å². The molecule has 0 saturated carbocycles. The lowest BCUT2D eigenvalue weighted by Gasteiger charge is -2.46. The molecule has 0 amide bonds. The molecule has 0 radical (unpaired) electrons. The number of ether oxygens (including phenoxy) is 3. The third-order valence-electron chi connectivity index (χ3n) is 6.46. The lowest BCUT2D eigenvalue weighted by molar-refractivity contribution is -0.0988. The molecular formula is C26H46O5Si. The summed E-state index contributed by atoms with van der Waals surface area (Å²) < 4.78 is 23.7. The van der Waals surface area contributed by atoms with Gasteiger partial charge in [0.1, 0.15) is 12.5 Å². The van der Waals surface area contributed by atoms with Crippen LogP contribution in [0.2, 0.25) is 16.6 Å². The summed E-state index contributed by atoms with van der Waals surface area (Å²) in [6.07, 6.45) is 1.89. The van der Waals surface area contributed by atoms with Crippen LogP contribution in [0.4, 0.5) is 0 Å². The van der Waals surface area contributed by atoms with Crippen LogP contribution in [0, 0.1) is 5.92 Å². The Morgan fingerprint density at radius 1 is 0.938 bits per heavy atom. The van der Waals surface area contributed by atoms with Gasteiger partial charge in [0.05, 0.1) is 32.5 Å². The molecule has 0 aliphatic heterocycles. The summed E-state index contributed by atoms with van der Waals surface area (Å²) in [7, 11) is -0.449. The van der Waals surface area contributed by atoms with Crippen LogP contribution in [-0.4, -0.2) is 46.1 Å². The third kappa shape index (κ3) is 7.99. The molecule has 3 atom stereocenters. The molecule has 6 heteroatoms. The van der Waals surface area contributed by atoms with Crippen molar-refractivity contribution < 1.29 is 23.7 Å². The molecule has 0 bridgehead atoms. The smallest absolute Gasteiger partial charge is 0.200 e. The normalized spacial score (nSPS) is 15.2.